The van der Waals surface area contributed by atoms with Crippen LogP contribution < -0.4 is 5.32 Å². The number of rotatable bonds is 11. The van der Waals surface area contributed by atoms with E-state index in [1.54, 1.807) is 18.3 Å². The second kappa shape index (κ2) is 11.9. The Hall–Kier alpha value is -2.36. The van der Waals surface area contributed by atoms with Crippen molar-refractivity contribution < 1.29 is 18.2 Å². The number of nitrogens with zero attached hydrogens (tertiary/aromatic N) is 3. The number of likely N-dealkylation sites (N-methyl/N-ethyl adjacent to an activating group) is 1. The predicted octanol–water partition coefficient (Wildman–Crippen LogP) is 0.989. The van der Waals surface area contributed by atoms with E-state index in [0.717, 1.165) is 38.4 Å². The molecule has 1 fully saturated rings. The van der Waals surface area contributed by atoms with Gasteiger partial charge in [0.1, 0.15) is 11.5 Å². The zero-order valence-electron chi connectivity index (χ0n) is 17.9. The standard InChI is InChI=1S/C22H30N4O4S/c1-25-8-10-26(11-9-25)15-18-6-7-23-19(13-18)4-5-20(27)14-24-22(28)17-31(29)16-21-3-2-12-30-21/h2-3,6-7,12-13H,4-5,8-11,14-17H2,1H3,(H,24,28). The molecular weight excluding hydrogens is 416 g/mol. The number of furan rings is 1. The van der Waals surface area contributed by atoms with Gasteiger partial charge in [-0.2, -0.15) is 0 Å². The van der Waals surface area contributed by atoms with Crippen molar-refractivity contribution in [1.82, 2.24) is 20.1 Å². The normalized spacial score (nSPS) is 16.2. The molecule has 3 heterocycles. The zero-order valence-corrected chi connectivity index (χ0v) is 18.7. The Balaban J connectivity index is 1.35. The summed E-state index contributed by atoms with van der Waals surface area (Å²) in [6.07, 6.45) is 4.14. The predicted molar refractivity (Wildman–Crippen MR) is 119 cm³/mol. The Morgan fingerprint density at radius 3 is 2.77 bits per heavy atom. The van der Waals surface area contributed by atoms with Gasteiger partial charge in [0.15, 0.2) is 5.78 Å². The first-order valence-corrected chi connectivity index (χ1v) is 12.0. The average Bonchev–Trinajstić information content (AvgIpc) is 3.25. The maximum absolute atomic E-state index is 12.1. The number of hydrogen-bond acceptors (Lipinski definition) is 7. The number of nitrogens with one attached hydrogen (secondary N) is 1. The van der Waals surface area contributed by atoms with E-state index < -0.39 is 16.7 Å². The number of aryl methyl sites for hydroxylation is 1. The van der Waals surface area contributed by atoms with Gasteiger partial charge >= 0.3 is 0 Å². The molecule has 1 N–H and O–H groups in total. The van der Waals surface area contributed by atoms with Gasteiger partial charge in [0.05, 0.1) is 18.6 Å². The molecule has 0 radical (unpaired) electrons. The Kier molecular flexibility index (Phi) is 8.93. The molecule has 1 atom stereocenters. The quantitative estimate of drug-likeness (QED) is 0.550. The van der Waals surface area contributed by atoms with E-state index in [0.29, 0.717) is 18.6 Å². The van der Waals surface area contributed by atoms with Crippen molar-refractivity contribution >= 4 is 22.5 Å². The number of aromatic nitrogens is 1. The van der Waals surface area contributed by atoms with Gasteiger partial charge in [-0.05, 0) is 43.3 Å². The second-order valence-corrected chi connectivity index (χ2v) is 9.32. The Morgan fingerprint density at radius 1 is 1.23 bits per heavy atom. The number of ketones is 1. The molecule has 2 aromatic heterocycles. The molecule has 1 unspecified atom stereocenters. The third-order valence-electron chi connectivity index (χ3n) is 5.20. The van der Waals surface area contributed by atoms with Crippen LogP contribution in [0.2, 0.25) is 0 Å². The Labute approximate surface area is 185 Å². The molecule has 1 saturated heterocycles. The van der Waals surface area contributed by atoms with Crippen LogP contribution in [0.5, 0.6) is 0 Å². The van der Waals surface area contributed by atoms with Crippen LogP contribution in [0.4, 0.5) is 0 Å². The Morgan fingerprint density at radius 2 is 2.03 bits per heavy atom. The lowest BCUT2D eigenvalue weighted by Gasteiger charge is -2.32. The van der Waals surface area contributed by atoms with Crippen LogP contribution in [-0.2, 0) is 39.1 Å². The van der Waals surface area contributed by atoms with E-state index in [1.807, 2.05) is 6.07 Å². The van der Waals surface area contributed by atoms with Gasteiger partial charge in [-0.25, -0.2) is 0 Å². The smallest absolute Gasteiger partial charge is 0.232 e. The van der Waals surface area contributed by atoms with Gasteiger partial charge in [-0.3, -0.25) is 23.7 Å². The lowest BCUT2D eigenvalue weighted by molar-refractivity contribution is -0.123. The fourth-order valence-corrected chi connectivity index (χ4v) is 4.36. The van der Waals surface area contributed by atoms with E-state index in [-0.39, 0.29) is 23.8 Å². The molecule has 1 amide bonds. The van der Waals surface area contributed by atoms with Crippen LogP contribution in [0.15, 0.2) is 41.1 Å². The summed E-state index contributed by atoms with van der Waals surface area (Å²) in [6, 6.07) is 7.50. The van der Waals surface area contributed by atoms with Crippen molar-refractivity contribution in [3.63, 3.8) is 0 Å². The molecule has 168 valence electrons. The van der Waals surface area contributed by atoms with Crippen molar-refractivity contribution in [3.05, 3.63) is 53.7 Å². The number of piperazine rings is 1. The van der Waals surface area contributed by atoms with E-state index >= 15 is 0 Å². The Bertz CT molecular complexity index is 879. The van der Waals surface area contributed by atoms with Crippen molar-refractivity contribution in [3.8, 4) is 0 Å². The molecule has 3 rings (SSSR count). The second-order valence-electron chi connectivity index (χ2n) is 7.86. The molecule has 0 bridgehead atoms. The number of carbonyl (C=O) groups is 2. The highest BCUT2D eigenvalue weighted by Crippen LogP contribution is 2.10. The monoisotopic (exact) mass is 446 g/mol. The van der Waals surface area contributed by atoms with Gasteiger partial charge < -0.3 is 14.6 Å². The van der Waals surface area contributed by atoms with Crippen molar-refractivity contribution in [2.75, 3.05) is 45.5 Å². The fourth-order valence-electron chi connectivity index (χ4n) is 3.38. The average molecular weight is 447 g/mol. The summed E-state index contributed by atoms with van der Waals surface area (Å²) in [5, 5.41) is 2.56. The van der Waals surface area contributed by atoms with Gasteiger partial charge in [0.2, 0.25) is 5.91 Å². The molecule has 2 aromatic rings. The molecule has 31 heavy (non-hydrogen) atoms. The number of pyridine rings is 1. The van der Waals surface area contributed by atoms with Gasteiger partial charge in [0, 0.05) is 61.8 Å². The third-order valence-corrected chi connectivity index (χ3v) is 6.39. The molecule has 0 aromatic carbocycles. The van der Waals surface area contributed by atoms with E-state index in [9.17, 15) is 13.8 Å². The zero-order chi connectivity index (χ0) is 22.1. The number of amides is 1. The van der Waals surface area contributed by atoms with Crippen molar-refractivity contribution in [1.29, 1.82) is 0 Å². The summed E-state index contributed by atoms with van der Waals surface area (Å²) in [5.41, 5.74) is 2.08. The van der Waals surface area contributed by atoms with E-state index in [2.05, 4.69) is 33.2 Å². The van der Waals surface area contributed by atoms with Gasteiger partial charge in [0.25, 0.3) is 0 Å². The molecule has 8 nitrogen and oxygen atoms in total. The lowest BCUT2D eigenvalue weighted by Crippen LogP contribution is -2.43. The summed E-state index contributed by atoms with van der Waals surface area (Å²) < 4.78 is 17.1. The molecule has 0 spiro atoms. The molecule has 0 saturated carbocycles. The number of hydrogen-bond donors (Lipinski definition) is 1. The third kappa shape index (κ3) is 8.35. The largest absolute Gasteiger partial charge is 0.468 e. The van der Waals surface area contributed by atoms with Crippen molar-refractivity contribution in [2.24, 2.45) is 0 Å². The van der Waals surface area contributed by atoms with Crippen LogP contribution in [-0.4, -0.2) is 76.2 Å². The first kappa shape index (κ1) is 23.3. The summed E-state index contributed by atoms with van der Waals surface area (Å²) in [5.74, 6) is 0.139. The summed E-state index contributed by atoms with van der Waals surface area (Å²) >= 11 is 0. The molecular formula is C22H30N4O4S. The minimum absolute atomic E-state index is 0.0578. The SMILES string of the molecule is CN1CCN(Cc2ccnc(CCC(=O)CNC(=O)CS(=O)Cc3ccco3)c2)CC1. The van der Waals surface area contributed by atoms with Crippen LogP contribution in [0.1, 0.15) is 23.4 Å². The van der Waals surface area contributed by atoms with Crippen LogP contribution in [0.3, 0.4) is 0 Å². The molecule has 9 heteroatoms. The summed E-state index contributed by atoms with van der Waals surface area (Å²) in [4.78, 5) is 33.2. The van der Waals surface area contributed by atoms with Crippen LogP contribution >= 0.6 is 0 Å². The lowest BCUT2D eigenvalue weighted by atomic mass is 10.1. The molecule has 1 aliphatic rings. The number of carbonyl (C=O) groups excluding carboxylic acids is 2. The molecule has 0 aliphatic carbocycles. The first-order valence-electron chi connectivity index (χ1n) is 10.5. The van der Waals surface area contributed by atoms with Gasteiger partial charge in [-0.1, -0.05) is 0 Å². The minimum Gasteiger partial charge on any atom is -0.468 e. The highest BCUT2D eigenvalue weighted by atomic mass is 32.2. The highest BCUT2D eigenvalue weighted by molar-refractivity contribution is 7.84. The first-order chi connectivity index (χ1) is 15.0. The van der Waals surface area contributed by atoms with E-state index in [1.165, 1.54) is 11.8 Å². The summed E-state index contributed by atoms with van der Waals surface area (Å²) in [6.45, 7) is 5.10. The van der Waals surface area contributed by atoms with Crippen molar-refractivity contribution in [2.45, 2.75) is 25.1 Å². The highest BCUT2D eigenvalue weighted by Gasteiger charge is 2.15. The topological polar surface area (TPSA) is 95.7 Å². The molecule has 1 aliphatic heterocycles. The number of Topliss-reactive ketones (excluding diaryl/α,β-unsaturated/α-hetero) is 1. The maximum Gasteiger partial charge on any atom is 0.232 e. The van der Waals surface area contributed by atoms with Gasteiger partial charge in [-0.15, -0.1) is 0 Å². The maximum atomic E-state index is 12.1. The minimum atomic E-state index is -1.37. The van der Waals surface area contributed by atoms with E-state index in [4.69, 9.17) is 4.42 Å². The van der Waals surface area contributed by atoms with Crippen LogP contribution in [0, 0.1) is 0 Å². The fraction of sp³-hybridized carbons (Fsp3) is 0.500. The van der Waals surface area contributed by atoms with Crippen LogP contribution in [0.25, 0.3) is 0 Å². The summed E-state index contributed by atoms with van der Waals surface area (Å²) in [7, 11) is 0.771.